The third-order valence-corrected chi connectivity index (χ3v) is 4.48. The van der Waals surface area contributed by atoms with Gasteiger partial charge >= 0.3 is 0 Å². The minimum Gasteiger partial charge on any atom is -0.397 e. The van der Waals surface area contributed by atoms with Gasteiger partial charge in [0.25, 0.3) is 0 Å². The van der Waals surface area contributed by atoms with E-state index in [1.54, 1.807) is 0 Å². The molecule has 2 unspecified atom stereocenters. The van der Waals surface area contributed by atoms with Crippen LogP contribution in [0.15, 0.2) is 18.2 Å². The number of nitrogens with one attached hydrogen (secondary N) is 1. The molecule has 0 spiro atoms. The number of benzene rings is 1. The normalized spacial score (nSPS) is 23.8. The molecule has 3 nitrogen and oxygen atoms in total. The molecule has 4 heteroatoms. The van der Waals surface area contributed by atoms with Crippen LogP contribution in [0.4, 0.5) is 17.1 Å². The Labute approximate surface area is 107 Å². The lowest BCUT2D eigenvalue weighted by Crippen LogP contribution is -2.16. The van der Waals surface area contributed by atoms with Crippen molar-refractivity contribution in [2.75, 3.05) is 22.5 Å². The Kier molecular flexibility index (Phi) is 4.05. The summed E-state index contributed by atoms with van der Waals surface area (Å²) in [6, 6.07) is 6.38. The molecule has 1 saturated carbocycles. The summed E-state index contributed by atoms with van der Waals surface area (Å²) in [6.45, 7) is 2.23. The maximum absolute atomic E-state index is 5.80. The van der Waals surface area contributed by atoms with Gasteiger partial charge in [-0.05, 0) is 43.2 Å². The van der Waals surface area contributed by atoms with Gasteiger partial charge < -0.3 is 16.8 Å². The smallest absolute Gasteiger partial charge is 0.0568 e. The van der Waals surface area contributed by atoms with Crippen molar-refractivity contribution < 1.29 is 0 Å². The van der Waals surface area contributed by atoms with Crippen LogP contribution < -0.4 is 16.8 Å². The molecule has 0 aliphatic heterocycles. The quantitative estimate of drug-likeness (QED) is 0.720. The van der Waals surface area contributed by atoms with Crippen LogP contribution in [0.2, 0.25) is 0 Å². The molecule has 2 atom stereocenters. The monoisotopic (exact) mass is 251 g/mol. The second kappa shape index (κ2) is 5.54. The lowest BCUT2D eigenvalue weighted by Gasteiger charge is -2.15. The Balaban J connectivity index is 1.91. The Hall–Kier alpha value is -1.03. The number of hydrogen-bond donors (Lipinski definition) is 3. The number of rotatable bonds is 4. The van der Waals surface area contributed by atoms with Crippen LogP contribution in [-0.4, -0.2) is 17.0 Å². The highest BCUT2D eigenvalue weighted by Crippen LogP contribution is 2.32. The third-order valence-electron chi connectivity index (χ3n) is 3.24. The van der Waals surface area contributed by atoms with E-state index in [0.717, 1.165) is 10.9 Å². The average molecular weight is 251 g/mol. The fourth-order valence-corrected chi connectivity index (χ4v) is 3.50. The largest absolute Gasteiger partial charge is 0.397 e. The first-order chi connectivity index (χ1) is 8.19. The van der Waals surface area contributed by atoms with Crippen molar-refractivity contribution in [1.29, 1.82) is 0 Å². The van der Waals surface area contributed by atoms with E-state index in [0.29, 0.717) is 17.4 Å². The second-order valence-corrected chi connectivity index (χ2v) is 6.15. The highest BCUT2D eigenvalue weighted by Gasteiger charge is 2.24. The molecule has 0 saturated heterocycles. The molecule has 0 bridgehead atoms. The Bertz CT molecular complexity index is 381. The topological polar surface area (TPSA) is 64.1 Å². The summed E-state index contributed by atoms with van der Waals surface area (Å²) in [4.78, 5) is 0. The molecule has 1 aliphatic rings. The number of nitrogens with two attached hydrogens (primary N) is 2. The molecule has 5 N–H and O–H groups in total. The molecule has 1 aromatic rings. The first-order valence-corrected chi connectivity index (χ1v) is 7.27. The highest BCUT2D eigenvalue weighted by atomic mass is 32.2. The number of anilines is 3. The fraction of sp³-hybridized carbons (Fsp3) is 0.538. The molecule has 1 aromatic carbocycles. The summed E-state index contributed by atoms with van der Waals surface area (Å²) >= 11 is 2.07. The Morgan fingerprint density at radius 3 is 2.82 bits per heavy atom. The predicted octanol–water partition coefficient (Wildman–Crippen LogP) is 2.94. The molecule has 94 valence electrons. The minimum absolute atomic E-state index is 0.585. The van der Waals surface area contributed by atoms with Gasteiger partial charge in [0, 0.05) is 17.0 Å². The van der Waals surface area contributed by atoms with Crippen molar-refractivity contribution >= 4 is 28.8 Å². The molecule has 0 heterocycles. The van der Waals surface area contributed by atoms with E-state index in [1.165, 1.54) is 25.0 Å². The lowest BCUT2D eigenvalue weighted by atomic mass is 10.2. The van der Waals surface area contributed by atoms with Crippen molar-refractivity contribution in [3.8, 4) is 0 Å². The Morgan fingerprint density at radius 1 is 1.29 bits per heavy atom. The molecule has 1 fully saturated rings. The van der Waals surface area contributed by atoms with E-state index in [9.17, 15) is 0 Å². The van der Waals surface area contributed by atoms with Crippen molar-refractivity contribution in [3.63, 3.8) is 0 Å². The maximum Gasteiger partial charge on any atom is 0.0568 e. The lowest BCUT2D eigenvalue weighted by molar-refractivity contribution is 0.757. The van der Waals surface area contributed by atoms with E-state index >= 15 is 0 Å². The van der Waals surface area contributed by atoms with E-state index in [-0.39, 0.29) is 0 Å². The zero-order valence-corrected chi connectivity index (χ0v) is 11.1. The van der Waals surface area contributed by atoms with Crippen molar-refractivity contribution in [1.82, 2.24) is 0 Å². The standard InChI is InChI=1S/C13H21N3S/c1-2-17-11-5-3-9(7-11)16-10-4-6-12(14)13(15)8-10/h4,6,8-9,11,16H,2-3,5,7,14-15H2,1H3. The SMILES string of the molecule is CCSC1CCC(Nc2ccc(N)c(N)c2)C1. The van der Waals surface area contributed by atoms with Crippen LogP contribution in [0.3, 0.4) is 0 Å². The summed E-state index contributed by atoms with van der Waals surface area (Å²) < 4.78 is 0. The van der Waals surface area contributed by atoms with Gasteiger partial charge in [0.1, 0.15) is 0 Å². The molecule has 2 rings (SSSR count). The highest BCUT2D eigenvalue weighted by molar-refractivity contribution is 7.99. The maximum atomic E-state index is 5.80. The molecule has 0 amide bonds. The first-order valence-electron chi connectivity index (χ1n) is 6.22. The third kappa shape index (κ3) is 3.22. The molecular weight excluding hydrogens is 230 g/mol. The van der Waals surface area contributed by atoms with Crippen LogP contribution >= 0.6 is 11.8 Å². The summed E-state index contributed by atoms with van der Waals surface area (Å²) in [6.07, 6.45) is 3.82. The number of thioether (sulfide) groups is 1. The zero-order valence-electron chi connectivity index (χ0n) is 10.3. The van der Waals surface area contributed by atoms with Crippen LogP contribution in [0.5, 0.6) is 0 Å². The van der Waals surface area contributed by atoms with E-state index in [2.05, 4.69) is 24.0 Å². The second-order valence-electron chi connectivity index (χ2n) is 4.58. The molecule has 0 aromatic heterocycles. The van der Waals surface area contributed by atoms with Gasteiger partial charge in [0.2, 0.25) is 0 Å². The predicted molar refractivity (Wildman–Crippen MR) is 78.4 cm³/mol. The van der Waals surface area contributed by atoms with Crippen molar-refractivity contribution in [2.24, 2.45) is 0 Å². The summed E-state index contributed by atoms with van der Waals surface area (Å²) in [7, 11) is 0. The van der Waals surface area contributed by atoms with Crippen molar-refractivity contribution in [2.45, 2.75) is 37.5 Å². The van der Waals surface area contributed by atoms with Gasteiger partial charge in [-0.3, -0.25) is 0 Å². The van der Waals surface area contributed by atoms with Crippen LogP contribution in [0.25, 0.3) is 0 Å². The van der Waals surface area contributed by atoms with Crippen molar-refractivity contribution in [3.05, 3.63) is 18.2 Å². The van der Waals surface area contributed by atoms with E-state index < -0.39 is 0 Å². The summed E-state index contributed by atoms with van der Waals surface area (Å²) in [5.74, 6) is 1.21. The number of nitrogen functional groups attached to an aromatic ring is 2. The van der Waals surface area contributed by atoms with Gasteiger partial charge in [-0.15, -0.1) is 0 Å². The van der Waals surface area contributed by atoms with E-state index in [1.807, 2.05) is 18.2 Å². The summed E-state index contributed by atoms with van der Waals surface area (Å²) in [5.41, 5.74) is 13.9. The molecular formula is C13H21N3S. The molecule has 0 radical (unpaired) electrons. The first kappa shape index (κ1) is 12.4. The average Bonchev–Trinajstić information content (AvgIpc) is 2.72. The van der Waals surface area contributed by atoms with Crippen LogP contribution in [0, 0.1) is 0 Å². The van der Waals surface area contributed by atoms with Crippen LogP contribution in [-0.2, 0) is 0 Å². The van der Waals surface area contributed by atoms with E-state index in [4.69, 9.17) is 11.5 Å². The van der Waals surface area contributed by atoms with Gasteiger partial charge in [-0.2, -0.15) is 11.8 Å². The minimum atomic E-state index is 0.585. The Morgan fingerprint density at radius 2 is 2.12 bits per heavy atom. The fourth-order valence-electron chi connectivity index (χ4n) is 2.36. The van der Waals surface area contributed by atoms with Gasteiger partial charge in [-0.25, -0.2) is 0 Å². The number of hydrogen-bond acceptors (Lipinski definition) is 4. The van der Waals surface area contributed by atoms with Crippen LogP contribution in [0.1, 0.15) is 26.2 Å². The van der Waals surface area contributed by atoms with Gasteiger partial charge in [-0.1, -0.05) is 6.92 Å². The molecule has 1 aliphatic carbocycles. The molecule has 17 heavy (non-hydrogen) atoms. The summed E-state index contributed by atoms with van der Waals surface area (Å²) in [5, 5.41) is 4.37. The zero-order chi connectivity index (χ0) is 12.3. The van der Waals surface area contributed by atoms with Gasteiger partial charge in [0.15, 0.2) is 0 Å². The van der Waals surface area contributed by atoms with Gasteiger partial charge in [0.05, 0.1) is 11.4 Å².